The minimum atomic E-state index is -0.502. The fraction of sp³-hybridized carbons (Fsp3) is 0.500. The SMILES string of the molecule is N[C@H]1CC[C@H](Nc2ncc(F)c(-c3ccnc(N4CCCCC4=O)c3)n2)CC1. The van der Waals surface area contributed by atoms with E-state index in [9.17, 15) is 9.18 Å². The summed E-state index contributed by atoms with van der Waals surface area (Å²) in [4.78, 5) is 26.6. The third-order valence-corrected chi connectivity index (χ3v) is 5.47. The van der Waals surface area contributed by atoms with Crippen LogP contribution in [0.1, 0.15) is 44.9 Å². The van der Waals surface area contributed by atoms with Gasteiger partial charge < -0.3 is 11.1 Å². The van der Waals surface area contributed by atoms with Gasteiger partial charge >= 0.3 is 0 Å². The standard InChI is InChI=1S/C20H25FN6O/c21-16-12-24-20(25-15-6-4-14(22)5-7-15)26-19(16)13-8-9-23-17(11-13)27-10-2-1-3-18(27)28/h8-9,11-12,14-15H,1-7,10,22H2,(H,24,25,26)/t14-,15-. The van der Waals surface area contributed by atoms with E-state index in [-0.39, 0.29) is 23.7 Å². The lowest BCUT2D eigenvalue weighted by Crippen LogP contribution is -2.35. The van der Waals surface area contributed by atoms with Crippen LogP contribution in [0.2, 0.25) is 0 Å². The molecule has 148 valence electrons. The van der Waals surface area contributed by atoms with Crippen LogP contribution in [0.3, 0.4) is 0 Å². The highest BCUT2D eigenvalue weighted by molar-refractivity contribution is 5.93. The van der Waals surface area contributed by atoms with Gasteiger partial charge in [-0.1, -0.05) is 0 Å². The third-order valence-electron chi connectivity index (χ3n) is 5.47. The van der Waals surface area contributed by atoms with Crippen molar-refractivity contribution in [1.82, 2.24) is 15.0 Å². The topological polar surface area (TPSA) is 97.0 Å². The Morgan fingerprint density at radius 3 is 2.79 bits per heavy atom. The molecule has 28 heavy (non-hydrogen) atoms. The van der Waals surface area contributed by atoms with E-state index >= 15 is 0 Å². The number of nitrogens with two attached hydrogens (primary N) is 1. The van der Waals surface area contributed by atoms with E-state index in [0.29, 0.717) is 30.3 Å². The summed E-state index contributed by atoms with van der Waals surface area (Å²) in [5.41, 5.74) is 6.74. The Labute approximate surface area is 163 Å². The summed E-state index contributed by atoms with van der Waals surface area (Å²) in [7, 11) is 0. The van der Waals surface area contributed by atoms with Crippen LogP contribution in [-0.4, -0.2) is 39.5 Å². The molecule has 8 heteroatoms. The largest absolute Gasteiger partial charge is 0.351 e. The van der Waals surface area contributed by atoms with E-state index in [4.69, 9.17) is 5.73 Å². The lowest BCUT2D eigenvalue weighted by atomic mass is 9.92. The number of amides is 1. The number of anilines is 2. The van der Waals surface area contributed by atoms with Gasteiger partial charge in [0, 0.05) is 36.8 Å². The highest BCUT2D eigenvalue weighted by Gasteiger charge is 2.22. The molecule has 1 saturated carbocycles. The van der Waals surface area contributed by atoms with Gasteiger partial charge in [0.05, 0.1) is 6.20 Å². The van der Waals surface area contributed by atoms with Crippen molar-refractivity contribution in [2.24, 2.45) is 5.73 Å². The molecule has 2 aromatic rings. The Morgan fingerprint density at radius 2 is 2.00 bits per heavy atom. The average molecular weight is 384 g/mol. The molecule has 0 aromatic carbocycles. The van der Waals surface area contributed by atoms with Gasteiger partial charge in [0.1, 0.15) is 11.5 Å². The van der Waals surface area contributed by atoms with Gasteiger partial charge in [-0.25, -0.2) is 19.3 Å². The molecule has 3 heterocycles. The van der Waals surface area contributed by atoms with Crippen molar-refractivity contribution in [2.75, 3.05) is 16.8 Å². The Kier molecular flexibility index (Phi) is 5.47. The van der Waals surface area contributed by atoms with Crippen molar-refractivity contribution < 1.29 is 9.18 Å². The van der Waals surface area contributed by atoms with E-state index < -0.39 is 5.82 Å². The normalized spacial score (nSPS) is 22.9. The molecule has 0 atom stereocenters. The molecule has 1 aliphatic heterocycles. The summed E-state index contributed by atoms with van der Waals surface area (Å²) < 4.78 is 14.5. The predicted octanol–water partition coefficient (Wildman–Crippen LogP) is 2.88. The molecule has 2 aromatic heterocycles. The van der Waals surface area contributed by atoms with Crippen molar-refractivity contribution in [3.8, 4) is 11.3 Å². The molecule has 0 spiro atoms. The van der Waals surface area contributed by atoms with Gasteiger partial charge in [0.15, 0.2) is 5.82 Å². The monoisotopic (exact) mass is 384 g/mol. The number of nitrogens with one attached hydrogen (secondary N) is 1. The molecule has 4 rings (SSSR count). The summed E-state index contributed by atoms with van der Waals surface area (Å²) in [6.45, 7) is 0.637. The minimum absolute atomic E-state index is 0.0527. The quantitative estimate of drug-likeness (QED) is 0.841. The molecule has 1 aliphatic carbocycles. The lowest BCUT2D eigenvalue weighted by Gasteiger charge is -2.27. The Morgan fingerprint density at radius 1 is 1.18 bits per heavy atom. The van der Waals surface area contributed by atoms with Crippen molar-refractivity contribution >= 4 is 17.7 Å². The zero-order valence-electron chi connectivity index (χ0n) is 15.8. The van der Waals surface area contributed by atoms with E-state index in [1.54, 1.807) is 23.2 Å². The van der Waals surface area contributed by atoms with Gasteiger partial charge in [-0.15, -0.1) is 0 Å². The van der Waals surface area contributed by atoms with Gasteiger partial charge in [0.25, 0.3) is 0 Å². The molecule has 1 amide bonds. The number of carbonyl (C=O) groups is 1. The van der Waals surface area contributed by atoms with Crippen LogP contribution >= 0.6 is 0 Å². The molecule has 0 unspecified atom stereocenters. The summed E-state index contributed by atoms with van der Waals surface area (Å²) in [6.07, 6.45) is 8.96. The number of hydrogen-bond acceptors (Lipinski definition) is 6. The maximum atomic E-state index is 14.5. The van der Waals surface area contributed by atoms with Crippen molar-refractivity contribution in [1.29, 1.82) is 0 Å². The number of nitrogens with zero attached hydrogens (tertiary/aromatic N) is 4. The van der Waals surface area contributed by atoms with Crippen LogP contribution in [0.4, 0.5) is 16.2 Å². The van der Waals surface area contributed by atoms with Crippen LogP contribution in [0, 0.1) is 5.82 Å². The summed E-state index contributed by atoms with van der Waals surface area (Å²) in [5, 5.41) is 3.30. The molecule has 1 saturated heterocycles. The summed E-state index contributed by atoms with van der Waals surface area (Å²) >= 11 is 0. The number of rotatable bonds is 4. The highest BCUT2D eigenvalue weighted by Crippen LogP contribution is 2.27. The van der Waals surface area contributed by atoms with Gasteiger partial charge in [0.2, 0.25) is 11.9 Å². The molecule has 3 N–H and O–H groups in total. The van der Waals surface area contributed by atoms with Crippen molar-refractivity contribution in [2.45, 2.75) is 57.0 Å². The first-order valence-electron chi connectivity index (χ1n) is 9.91. The van der Waals surface area contributed by atoms with Crippen LogP contribution in [-0.2, 0) is 4.79 Å². The van der Waals surface area contributed by atoms with E-state index in [1.165, 1.54) is 6.20 Å². The molecule has 7 nitrogen and oxygen atoms in total. The van der Waals surface area contributed by atoms with Crippen LogP contribution in [0.5, 0.6) is 0 Å². The van der Waals surface area contributed by atoms with Crippen LogP contribution in [0.15, 0.2) is 24.5 Å². The lowest BCUT2D eigenvalue weighted by molar-refractivity contribution is -0.119. The van der Waals surface area contributed by atoms with E-state index in [0.717, 1.165) is 38.5 Å². The second kappa shape index (κ2) is 8.18. The van der Waals surface area contributed by atoms with Crippen molar-refractivity contribution in [3.05, 3.63) is 30.3 Å². The maximum absolute atomic E-state index is 14.5. The zero-order valence-corrected chi connectivity index (χ0v) is 15.8. The van der Waals surface area contributed by atoms with Gasteiger partial charge in [-0.3, -0.25) is 9.69 Å². The van der Waals surface area contributed by atoms with E-state index in [1.807, 2.05) is 0 Å². The smallest absolute Gasteiger partial charge is 0.228 e. The highest BCUT2D eigenvalue weighted by atomic mass is 19.1. The van der Waals surface area contributed by atoms with Gasteiger partial charge in [-0.2, -0.15) is 0 Å². The molecule has 0 radical (unpaired) electrons. The fourth-order valence-corrected chi connectivity index (χ4v) is 3.85. The number of carbonyl (C=O) groups excluding carboxylic acids is 1. The number of aromatic nitrogens is 3. The number of pyridine rings is 1. The molecule has 2 aliphatic rings. The minimum Gasteiger partial charge on any atom is -0.351 e. The third kappa shape index (κ3) is 4.11. The summed E-state index contributed by atoms with van der Waals surface area (Å²) in [5.74, 6) is 0.496. The van der Waals surface area contributed by atoms with Crippen LogP contribution in [0.25, 0.3) is 11.3 Å². The second-order valence-corrected chi connectivity index (χ2v) is 7.55. The number of hydrogen-bond donors (Lipinski definition) is 2. The fourth-order valence-electron chi connectivity index (χ4n) is 3.85. The van der Waals surface area contributed by atoms with Crippen molar-refractivity contribution in [3.63, 3.8) is 0 Å². The maximum Gasteiger partial charge on any atom is 0.228 e. The van der Waals surface area contributed by atoms with E-state index in [2.05, 4.69) is 20.3 Å². The Balaban J connectivity index is 1.56. The first-order valence-corrected chi connectivity index (χ1v) is 9.91. The average Bonchev–Trinajstić information content (AvgIpc) is 2.71. The molecular formula is C20H25FN6O. The Bertz CT molecular complexity index is 852. The zero-order chi connectivity index (χ0) is 19.5. The van der Waals surface area contributed by atoms with Crippen LogP contribution < -0.4 is 16.0 Å². The second-order valence-electron chi connectivity index (χ2n) is 7.55. The Hall–Kier alpha value is -2.61. The number of piperidine rings is 1. The molecule has 0 bridgehead atoms. The predicted molar refractivity (Wildman–Crippen MR) is 105 cm³/mol. The number of halogens is 1. The summed E-state index contributed by atoms with van der Waals surface area (Å²) in [6, 6.07) is 3.93. The first kappa shape index (κ1) is 18.7. The van der Waals surface area contributed by atoms with Gasteiger partial charge in [-0.05, 0) is 50.7 Å². The molecular weight excluding hydrogens is 359 g/mol. The first-order chi connectivity index (χ1) is 13.6. The molecule has 2 fully saturated rings.